The Bertz CT molecular complexity index is 1320. The van der Waals surface area contributed by atoms with E-state index in [1.165, 1.54) is 0 Å². The largest absolute Gasteiger partial charge is 0.479 e. The standard InChI is InChI=1S/C22H24ClN3O.C6H12O7/c1-25-13-4-5-18(12-14-25)26-22(27)20-7-3-2-6-19(20)21(24-26)15-16-8-10-17(23)11-9-16;7-1-2(8)3(9)4(10)5(11)6(12)13/h2-3,6-11,18H,4-5,12-15H2,1H3;2-5,7-11H,1H2,(H,12,13)/t;2-,3-,4+,5-/m.1/s1. The summed E-state index contributed by atoms with van der Waals surface area (Å²) in [5, 5.41) is 59.1. The minimum atomic E-state index is -2.20. The van der Waals surface area contributed by atoms with Crippen molar-refractivity contribution in [2.24, 2.45) is 0 Å². The van der Waals surface area contributed by atoms with Crippen LogP contribution in [0.15, 0.2) is 53.3 Å². The minimum absolute atomic E-state index is 0.0278. The molecule has 2 heterocycles. The summed E-state index contributed by atoms with van der Waals surface area (Å²) in [6.07, 6.45) is -4.10. The summed E-state index contributed by atoms with van der Waals surface area (Å²) in [7, 11) is 2.14. The fourth-order valence-electron chi connectivity index (χ4n) is 4.58. The summed E-state index contributed by atoms with van der Waals surface area (Å²) in [5.41, 5.74) is 2.12. The fourth-order valence-corrected chi connectivity index (χ4v) is 4.71. The van der Waals surface area contributed by atoms with Crippen molar-refractivity contribution in [3.8, 4) is 0 Å². The van der Waals surface area contributed by atoms with Gasteiger partial charge < -0.3 is 35.5 Å². The molecule has 4 rings (SSSR count). The van der Waals surface area contributed by atoms with Crippen LogP contribution in [0.1, 0.15) is 36.6 Å². The van der Waals surface area contributed by atoms with Gasteiger partial charge in [-0.1, -0.05) is 41.9 Å². The van der Waals surface area contributed by atoms with Crippen LogP contribution >= 0.6 is 11.6 Å². The Kier molecular flexibility index (Phi) is 11.6. The number of aliphatic hydroxyl groups is 5. The Morgan fingerprint density at radius 2 is 1.65 bits per heavy atom. The summed E-state index contributed by atoms with van der Waals surface area (Å²) < 4.78 is 1.76. The van der Waals surface area contributed by atoms with E-state index in [-0.39, 0.29) is 11.6 Å². The van der Waals surface area contributed by atoms with Crippen molar-refractivity contribution in [1.29, 1.82) is 0 Å². The molecule has 1 unspecified atom stereocenters. The molecule has 11 nitrogen and oxygen atoms in total. The molecule has 6 N–H and O–H groups in total. The predicted molar refractivity (Wildman–Crippen MR) is 149 cm³/mol. The topological polar surface area (TPSA) is 177 Å². The number of carboxylic acid groups (broad SMARTS) is 1. The number of rotatable bonds is 8. The van der Waals surface area contributed by atoms with Gasteiger partial charge in [0, 0.05) is 16.8 Å². The van der Waals surface area contributed by atoms with Crippen LogP contribution in [0.3, 0.4) is 0 Å². The molecule has 0 amide bonds. The van der Waals surface area contributed by atoms with E-state index in [2.05, 4.69) is 11.9 Å². The van der Waals surface area contributed by atoms with Gasteiger partial charge in [-0.15, -0.1) is 0 Å². The highest BCUT2D eigenvalue weighted by Gasteiger charge is 2.33. The normalized spacial score (nSPS) is 19.1. The van der Waals surface area contributed by atoms with Gasteiger partial charge in [-0.05, 0) is 63.2 Å². The highest BCUT2D eigenvalue weighted by molar-refractivity contribution is 6.30. The molecule has 1 aromatic heterocycles. The molecule has 1 fully saturated rings. The first kappa shape index (κ1) is 31.6. The molecular formula is C28H36ClN3O8. The van der Waals surface area contributed by atoms with Gasteiger partial charge in [0.25, 0.3) is 5.56 Å². The highest BCUT2D eigenvalue weighted by Crippen LogP contribution is 2.23. The number of aliphatic carboxylic acids is 1. The number of likely N-dealkylation sites (tertiary alicyclic amines) is 1. The van der Waals surface area contributed by atoms with Crippen LogP contribution in [0.25, 0.3) is 10.8 Å². The molecule has 218 valence electrons. The van der Waals surface area contributed by atoms with Crippen molar-refractivity contribution < 1.29 is 35.4 Å². The van der Waals surface area contributed by atoms with Crippen molar-refractivity contribution in [2.75, 3.05) is 26.7 Å². The molecule has 1 aliphatic rings. The van der Waals surface area contributed by atoms with Gasteiger partial charge in [0.15, 0.2) is 6.10 Å². The summed E-state index contributed by atoms with van der Waals surface area (Å²) in [5.74, 6) is -1.73. The zero-order chi connectivity index (χ0) is 29.4. The van der Waals surface area contributed by atoms with Gasteiger partial charge in [0.05, 0.1) is 23.7 Å². The van der Waals surface area contributed by atoms with Crippen LogP contribution in [0.2, 0.25) is 5.02 Å². The lowest BCUT2D eigenvalue weighted by Gasteiger charge is -2.23. The van der Waals surface area contributed by atoms with Crippen LogP contribution in [-0.4, -0.2) is 102 Å². The quantitative estimate of drug-likeness (QED) is 0.224. The average molecular weight is 578 g/mol. The SMILES string of the molecule is CN1CCCC(n2nc(Cc3ccc(Cl)cc3)c3ccccc3c2=O)CC1.O=C(O)[C@H](O)[C@@H](O)[C@H](O)[C@H](O)CO. The number of carboxylic acids is 1. The lowest BCUT2D eigenvalue weighted by molar-refractivity contribution is -0.164. The molecule has 0 radical (unpaired) electrons. The molecule has 3 aromatic rings. The van der Waals surface area contributed by atoms with Gasteiger partial charge in [-0.2, -0.15) is 5.10 Å². The molecule has 5 atom stereocenters. The number of nitrogens with zero attached hydrogens (tertiary/aromatic N) is 3. The Hall–Kier alpha value is -2.90. The average Bonchev–Trinajstić information content (AvgIpc) is 3.18. The second-order valence-electron chi connectivity index (χ2n) is 9.95. The number of fused-ring (bicyclic) bond motifs is 1. The summed E-state index contributed by atoms with van der Waals surface area (Å²) in [6.45, 7) is 1.24. The van der Waals surface area contributed by atoms with E-state index in [9.17, 15) is 9.59 Å². The van der Waals surface area contributed by atoms with Crippen molar-refractivity contribution >= 4 is 28.3 Å². The first-order chi connectivity index (χ1) is 19.0. The van der Waals surface area contributed by atoms with E-state index >= 15 is 0 Å². The number of benzene rings is 2. The molecule has 0 aliphatic carbocycles. The van der Waals surface area contributed by atoms with E-state index in [1.807, 2.05) is 48.5 Å². The number of carbonyl (C=O) groups is 1. The van der Waals surface area contributed by atoms with Gasteiger partial charge in [-0.25, -0.2) is 9.48 Å². The zero-order valence-electron chi connectivity index (χ0n) is 22.2. The lowest BCUT2D eigenvalue weighted by Crippen LogP contribution is -2.48. The fraction of sp³-hybridized carbons (Fsp3) is 0.464. The number of aromatic nitrogens is 2. The lowest BCUT2D eigenvalue weighted by atomic mass is 10.0. The molecule has 2 aromatic carbocycles. The van der Waals surface area contributed by atoms with E-state index in [1.54, 1.807) is 4.68 Å². The van der Waals surface area contributed by atoms with Gasteiger partial charge in [0.2, 0.25) is 0 Å². The third kappa shape index (κ3) is 8.07. The van der Waals surface area contributed by atoms with Crippen LogP contribution in [0.4, 0.5) is 0 Å². The van der Waals surface area contributed by atoms with Crippen molar-refractivity contribution in [2.45, 2.75) is 56.1 Å². The summed E-state index contributed by atoms with van der Waals surface area (Å²) in [6, 6.07) is 15.8. The van der Waals surface area contributed by atoms with Gasteiger partial charge >= 0.3 is 5.97 Å². The summed E-state index contributed by atoms with van der Waals surface area (Å²) in [4.78, 5) is 25.6. The third-order valence-corrected chi connectivity index (χ3v) is 7.22. The second-order valence-corrected chi connectivity index (χ2v) is 10.4. The van der Waals surface area contributed by atoms with E-state index in [0.717, 1.165) is 59.4 Å². The Balaban J connectivity index is 0.000000289. The molecule has 40 heavy (non-hydrogen) atoms. The van der Waals surface area contributed by atoms with Crippen molar-refractivity contribution in [3.63, 3.8) is 0 Å². The second kappa shape index (κ2) is 14.6. The van der Waals surface area contributed by atoms with Crippen LogP contribution in [-0.2, 0) is 11.2 Å². The van der Waals surface area contributed by atoms with E-state index in [0.29, 0.717) is 6.42 Å². The minimum Gasteiger partial charge on any atom is -0.479 e. The molecule has 0 bridgehead atoms. The Labute approximate surface area is 236 Å². The van der Waals surface area contributed by atoms with E-state index in [4.69, 9.17) is 47.3 Å². The predicted octanol–water partition coefficient (Wildman–Crippen LogP) is 0.804. The molecule has 0 spiro atoms. The molecule has 0 saturated carbocycles. The molecular weight excluding hydrogens is 542 g/mol. The van der Waals surface area contributed by atoms with Gasteiger partial charge in [-0.3, -0.25) is 4.79 Å². The Morgan fingerprint density at radius 3 is 2.27 bits per heavy atom. The first-order valence-electron chi connectivity index (χ1n) is 13.0. The zero-order valence-corrected chi connectivity index (χ0v) is 22.9. The van der Waals surface area contributed by atoms with Crippen molar-refractivity contribution in [1.82, 2.24) is 14.7 Å². The maximum Gasteiger partial charge on any atom is 0.335 e. The highest BCUT2D eigenvalue weighted by atomic mass is 35.5. The van der Waals surface area contributed by atoms with Gasteiger partial charge in [0.1, 0.15) is 18.3 Å². The van der Waals surface area contributed by atoms with E-state index < -0.39 is 37.0 Å². The first-order valence-corrected chi connectivity index (χ1v) is 13.4. The maximum atomic E-state index is 13.1. The van der Waals surface area contributed by atoms with Crippen LogP contribution in [0.5, 0.6) is 0 Å². The molecule has 12 heteroatoms. The molecule has 1 aliphatic heterocycles. The molecule has 1 saturated heterocycles. The number of hydrogen-bond donors (Lipinski definition) is 6. The monoisotopic (exact) mass is 577 g/mol. The third-order valence-electron chi connectivity index (χ3n) is 6.96. The van der Waals surface area contributed by atoms with Crippen molar-refractivity contribution in [3.05, 3.63) is 75.2 Å². The van der Waals surface area contributed by atoms with Crippen LogP contribution in [0, 0.1) is 0 Å². The van der Waals surface area contributed by atoms with Crippen LogP contribution < -0.4 is 5.56 Å². The summed E-state index contributed by atoms with van der Waals surface area (Å²) >= 11 is 6.02. The smallest absolute Gasteiger partial charge is 0.335 e. The number of hydrogen-bond acceptors (Lipinski definition) is 9. The maximum absolute atomic E-state index is 13.1. The number of halogens is 1. The Morgan fingerprint density at radius 1 is 1.00 bits per heavy atom. The number of aliphatic hydroxyl groups excluding tert-OH is 5.